The summed E-state index contributed by atoms with van der Waals surface area (Å²) >= 11 is 0. The zero-order valence-electron chi connectivity index (χ0n) is 27.6. The van der Waals surface area contributed by atoms with Crippen LogP contribution >= 0.6 is 0 Å². The number of ether oxygens (including phenoxy) is 1. The van der Waals surface area contributed by atoms with Crippen LogP contribution in [0.25, 0.3) is 22.3 Å². The molecule has 4 aromatic rings. The van der Waals surface area contributed by atoms with Crippen LogP contribution in [0.4, 0.5) is 17.2 Å². The molecule has 0 unspecified atom stereocenters. The van der Waals surface area contributed by atoms with E-state index in [1.165, 1.54) is 32.4 Å². The number of aryl methyl sites for hydroxylation is 1. The molecule has 3 N–H and O–H groups in total. The minimum atomic E-state index is -0.515. The summed E-state index contributed by atoms with van der Waals surface area (Å²) in [5.74, 6) is 0.474. The Labute approximate surface area is 280 Å². The average Bonchev–Trinajstić information content (AvgIpc) is 3.80. The van der Waals surface area contributed by atoms with Gasteiger partial charge >= 0.3 is 0 Å². The maximum absolute atomic E-state index is 14.5. The lowest BCUT2D eigenvalue weighted by Crippen LogP contribution is -2.57. The SMILES string of the molecule is Cc1ccc(Nc2nc(-c3ccc4c(c3)N([C@H]3C[C@@H](N5CCCCC5)C3)C(=O)C43CCOCC3)cc3ncn(C4CC4)c23)cc1C(N)=O. The Balaban J connectivity index is 1.11. The number of anilines is 3. The molecule has 0 bridgehead atoms. The van der Waals surface area contributed by atoms with E-state index in [-0.39, 0.29) is 11.9 Å². The Morgan fingerprint density at radius 3 is 2.52 bits per heavy atom. The first-order chi connectivity index (χ1) is 23.4. The zero-order chi connectivity index (χ0) is 32.6. The van der Waals surface area contributed by atoms with Crippen molar-refractivity contribution in [2.75, 3.05) is 36.5 Å². The fourth-order valence-corrected chi connectivity index (χ4v) is 8.69. The maximum Gasteiger partial charge on any atom is 0.249 e. The van der Waals surface area contributed by atoms with Gasteiger partial charge < -0.3 is 30.2 Å². The Morgan fingerprint density at radius 2 is 1.77 bits per heavy atom. The molecule has 0 atom stereocenters. The molecule has 1 spiro atoms. The van der Waals surface area contributed by atoms with Crippen LogP contribution in [-0.4, -0.2) is 69.6 Å². The number of fused-ring (bicyclic) bond motifs is 3. The lowest BCUT2D eigenvalue weighted by atomic mass is 9.75. The molecule has 5 heterocycles. The minimum Gasteiger partial charge on any atom is -0.381 e. The van der Waals surface area contributed by atoms with Gasteiger partial charge in [0.05, 0.1) is 23.0 Å². The van der Waals surface area contributed by atoms with Crippen molar-refractivity contribution in [3.05, 3.63) is 65.5 Å². The molecule has 2 aliphatic carbocycles. The van der Waals surface area contributed by atoms with E-state index in [0.29, 0.717) is 36.7 Å². The molecule has 2 amide bonds. The van der Waals surface area contributed by atoms with Crippen LogP contribution in [0.2, 0.25) is 0 Å². The number of amides is 2. The van der Waals surface area contributed by atoms with Crippen molar-refractivity contribution in [2.45, 2.75) is 88.3 Å². The highest BCUT2D eigenvalue weighted by Crippen LogP contribution is 2.52. The minimum absolute atomic E-state index is 0.212. The Morgan fingerprint density at radius 1 is 0.979 bits per heavy atom. The van der Waals surface area contributed by atoms with Crippen LogP contribution < -0.4 is 16.0 Å². The van der Waals surface area contributed by atoms with Crippen LogP contribution in [0.1, 0.15) is 85.3 Å². The van der Waals surface area contributed by atoms with Crippen LogP contribution in [0.5, 0.6) is 0 Å². The van der Waals surface area contributed by atoms with Gasteiger partial charge in [-0.25, -0.2) is 9.97 Å². The standard InChI is InChI=1S/C38H43N7O3/c1-23-5-7-25(18-29(23)35(39)46)41-36-34-32(40-22-44(34)26-8-9-26)21-31(42-36)24-6-10-30-33(17-24)45(37(47)38(30)11-15-48-16-12-38)28-19-27(20-28)43-13-3-2-4-14-43/h5-7,10,17-18,21-22,26-28H,2-4,8-9,11-16,19-20H2,1H3,(H2,39,46)(H,41,42)/t27-,28+. The predicted molar refractivity (Wildman–Crippen MR) is 186 cm³/mol. The molecule has 2 saturated heterocycles. The molecule has 10 heteroatoms. The molecule has 48 heavy (non-hydrogen) atoms. The third kappa shape index (κ3) is 4.83. The molecule has 5 aliphatic rings. The van der Waals surface area contributed by atoms with Gasteiger partial charge in [0.2, 0.25) is 11.8 Å². The quantitative estimate of drug-likeness (QED) is 0.253. The zero-order valence-corrected chi connectivity index (χ0v) is 27.6. The number of piperidine rings is 1. The fraction of sp³-hybridized carbons (Fsp3) is 0.474. The lowest BCUT2D eigenvalue weighted by molar-refractivity contribution is -0.127. The monoisotopic (exact) mass is 645 g/mol. The molecule has 2 saturated carbocycles. The molecule has 248 valence electrons. The van der Waals surface area contributed by atoms with Crippen molar-refractivity contribution in [1.29, 1.82) is 0 Å². The van der Waals surface area contributed by atoms with Crippen molar-refractivity contribution < 1.29 is 14.3 Å². The number of carbonyl (C=O) groups is 2. The smallest absolute Gasteiger partial charge is 0.249 e. The summed E-state index contributed by atoms with van der Waals surface area (Å²) in [5.41, 5.74) is 12.9. The largest absolute Gasteiger partial charge is 0.381 e. The summed E-state index contributed by atoms with van der Waals surface area (Å²) in [7, 11) is 0. The summed E-state index contributed by atoms with van der Waals surface area (Å²) in [6.45, 7) is 5.46. The van der Waals surface area contributed by atoms with Gasteiger partial charge in [-0.1, -0.05) is 24.6 Å². The van der Waals surface area contributed by atoms with E-state index in [4.69, 9.17) is 20.4 Å². The third-order valence-electron chi connectivity index (χ3n) is 11.7. The molecule has 9 rings (SSSR count). The molecule has 0 radical (unpaired) electrons. The van der Waals surface area contributed by atoms with E-state index in [1.54, 1.807) is 6.07 Å². The van der Waals surface area contributed by atoms with Crippen LogP contribution in [-0.2, 0) is 14.9 Å². The second kappa shape index (κ2) is 11.4. The number of primary amides is 1. The number of rotatable bonds is 7. The number of likely N-dealkylation sites (tertiary alicyclic amines) is 1. The number of nitrogens with zero attached hydrogens (tertiary/aromatic N) is 5. The van der Waals surface area contributed by atoms with Gasteiger partial charge in [0.1, 0.15) is 5.52 Å². The van der Waals surface area contributed by atoms with E-state index in [2.05, 4.69) is 43.9 Å². The summed E-state index contributed by atoms with van der Waals surface area (Å²) in [4.78, 5) is 41.5. The first kappa shape index (κ1) is 29.8. The van der Waals surface area contributed by atoms with E-state index >= 15 is 0 Å². The van der Waals surface area contributed by atoms with Crippen molar-refractivity contribution in [1.82, 2.24) is 19.4 Å². The van der Waals surface area contributed by atoms with Crippen LogP contribution in [0, 0.1) is 6.92 Å². The number of hydrogen-bond acceptors (Lipinski definition) is 7. The third-order valence-corrected chi connectivity index (χ3v) is 11.7. The molecule has 3 aliphatic heterocycles. The molecular formula is C38H43N7O3. The molecule has 10 nitrogen and oxygen atoms in total. The molecule has 2 aromatic heterocycles. The Bertz CT molecular complexity index is 1930. The fourth-order valence-electron chi connectivity index (χ4n) is 8.69. The highest BCUT2D eigenvalue weighted by atomic mass is 16.5. The van der Waals surface area contributed by atoms with E-state index in [1.807, 2.05) is 25.4 Å². The first-order valence-electron chi connectivity index (χ1n) is 17.7. The summed E-state index contributed by atoms with van der Waals surface area (Å²) in [5, 5.41) is 3.51. The van der Waals surface area contributed by atoms with Gasteiger partial charge in [-0.15, -0.1) is 0 Å². The topological polar surface area (TPSA) is 119 Å². The number of nitrogens with one attached hydrogen (secondary N) is 1. The number of aromatic nitrogens is 3. The van der Waals surface area contributed by atoms with E-state index in [9.17, 15) is 9.59 Å². The maximum atomic E-state index is 14.5. The molecule has 2 aromatic carbocycles. The van der Waals surface area contributed by atoms with Crippen molar-refractivity contribution in [3.63, 3.8) is 0 Å². The summed E-state index contributed by atoms with van der Waals surface area (Å²) in [6, 6.07) is 15.4. The van der Waals surface area contributed by atoms with Crippen molar-refractivity contribution >= 4 is 40.0 Å². The molecule has 4 fully saturated rings. The molecular weight excluding hydrogens is 602 g/mol. The van der Waals surface area contributed by atoms with E-state index in [0.717, 1.165) is 83.3 Å². The number of imidazole rings is 1. The normalized spacial score (nSPS) is 23.8. The van der Waals surface area contributed by atoms with Gasteiger partial charge in [0, 0.05) is 53.8 Å². The second-order valence-corrected chi connectivity index (χ2v) is 14.6. The first-order valence-corrected chi connectivity index (χ1v) is 17.7. The van der Waals surface area contributed by atoms with Crippen molar-refractivity contribution in [3.8, 4) is 11.3 Å². The predicted octanol–water partition coefficient (Wildman–Crippen LogP) is 6.00. The summed E-state index contributed by atoms with van der Waals surface area (Å²) in [6.07, 6.45) is 11.5. The second-order valence-electron chi connectivity index (χ2n) is 14.6. The average molecular weight is 646 g/mol. The van der Waals surface area contributed by atoms with Gasteiger partial charge in [0.25, 0.3) is 0 Å². The van der Waals surface area contributed by atoms with E-state index < -0.39 is 11.3 Å². The van der Waals surface area contributed by atoms with Gasteiger partial charge in [-0.05, 0) is 107 Å². The number of hydrogen-bond donors (Lipinski definition) is 2. The lowest BCUT2D eigenvalue weighted by Gasteiger charge is -2.48. The number of pyridine rings is 1. The van der Waals surface area contributed by atoms with Gasteiger partial charge in [-0.2, -0.15) is 0 Å². The van der Waals surface area contributed by atoms with Crippen LogP contribution in [0.3, 0.4) is 0 Å². The number of carbonyl (C=O) groups excluding carboxylic acids is 2. The highest BCUT2D eigenvalue weighted by molar-refractivity contribution is 6.09. The van der Waals surface area contributed by atoms with Crippen LogP contribution in [0.15, 0.2) is 48.8 Å². The Hall–Kier alpha value is -4.28. The van der Waals surface area contributed by atoms with Crippen molar-refractivity contribution in [2.24, 2.45) is 5.73 Å². The highest BCUT2D eigenvalue weighted by Gasteiger charge is 2.55. The van der Waals surface area contributed by atoms with Gasteiger partial charge in [-0.3, -0.25) is 9.59 Å². The Kier molecular flexibility index (Phi) is 7.09. The summed E-state index contributed by atoms with van der Waals surface area (Å²) < 4.78 is 7.98. The van der Waals surface area contributed by atoms with Gasteiger partial charge in [0.15, 0.2) is 5.82 Å². The number of nitrogens with two attached hydrogens (primary N) is 1. The number of benzene rings is 2.